The zero-order chi connectivity index (χ0) is 15.5. The molecule has 1 aliphatic carbocycles. The number of piperazine rings is 1. The molecule has 0 radical (unpaired) electrons. The zero-order valence-electron chi connectivity index (χ0n) is 13.6. The summed E-state index contributed by atoms with van der Waals surface area (Å²) in [5.74, 6) is 0. The Kier molecular flexibility index (Phi) is 6.02. The number of rotatable bonds is 8. The molecule has 0 aromatic carbocycles. The van der Waals surface area contributed by atoms with E-state index in [0.29, 0.717) is 31.7 Å². The van der Waals surface area contributed by atoms with Gasteiger partial charge < -0.3 is 10.2 Å². The van der Waals surface area contributed by atoms with E-state index in [0.717, 1.165) is 25.9 Å². The Balaban J connectivity index is 1.80. The fourth-order valence-corrected chi connectivity index (χ4v) is 4.20. The van der Waals surface area contributed by atoms with Gasteiger partial charge in [0.15, 0.2) is 0 Å². The lowest BCUT2D eigenvalue weighted by atomic mass is 10.1. The Morgan fingerprint density at radius 2 is 2.00 bits per heavy atom. The zero-order valence-corrected chi connectivity index (χ0v) is 14.4. The summed E-state index contributed by atoms with van der Waals surface area (Å²) in [6.07, 6.45) is 4.40. The lowest BCUT2D eigenvalue weighted by Gasteiger charge is -2.39. The summed E-state index contributed by atoms with van der Waals surface area (Å²) in [5, 5.41) is 3.42. The van der Waals surface area contributed by atoms with E-state index in [9.17, 15) is 8.42 Å². The molecule has 7 heteroatoms. The number of nitrogens with zero attached hydrogens (tertiary/aromatic N) is 3. The minimum atomic E-state index is -3.30. The third-order valence-corrected chi connectivity index (χ3v) is 6.55. The molecule has 2 rings (SSSR count). The highest BCUT2D eigenvalue weighted by Crippen LogP contribution is 2.19. The summed E-state index contributed by atoms with van der Waals surface area (Å²) in [6.45, 7) is 5.63. The van der Waals surface area contributed by atoms with Crippen molar-refractivity contribution in [3.8, 4) is 0 Å². The molecule has 1 N–H and O–H groups in total. The second-order valence-corrected chi connectivity index (χ2v) is 8.35. The first-order valence-corrected chi connectivity index (χ1v) is 9.50. The second-order valence-electron chi connectivity index (χ2n) is 6.31. The summed E-state index contributed by atoms with van der Waals surface area (Å²) in [6, 6.07) is 1.02. The quantitative estimate of drug-likeness (QED) is 0.656. The molecule has 21 heavy (non-hydrogen) atoms. The highest BCUT2D eigenvalue weighted by molar-refractivity contribution is 7.86. The van der Waals surface area contributed by atoms with Crippen LogP contribution in [0.3, 0.4) is 0 Å². The van der Waals surface area contributed by atoms with E-state index < -0.39 is 10.2 Å². The molecule has 2 fully saturated rings. The first-order valence-electron chi connectivity index (χ1n) is 8.10. The number of hydrogen-bond acceptors (Lipinski definition) is 4. The monoisotopic (exact) mass is 318 g/mol. The van der Waals surface area contributed by atoms with Crippen LogP contribution in [-0.2, 0) is 10.2 Å². The average molecular weight is 318 g/mol. The van der Waals surface area contributed by atoms with E-state index >= 15 is 0 Å². The van der Waals surface area contributed by atoms with Crippen LogP contribution >= 0.6 is 0 Å². The topological polar surface area (TPSA) is 55.9 Å². The van der Waals surface area contributed by atoms with Crippen LogP contribution in [0.15, 0.2) is 0 Å². The summed E-state index contributed by atoms with van der Waals surface area (Å²) >= 11 is 0. The summed E-state index contributed by atoms with van der Waals surface area (Å²) in [4.78, 5) is 2.26. The molecule has 1 saturated carbocycles. The van der Waals surface area contributed by atoms with Gasteiger partial charge in [0.05, 0.1) is 0 Å². The Bertz CT molecular complexity index is 425. The predicted octanol–water partition coefficient (Wildman–Crippen LogP) is 0.331. The molecule has 1 atom stereocenters. The van der Waals surface area contributed by atoms with Crippen molar-refractivity contribution >= 4 is 10.2 Å². The fraction of sp³-hybridized carbons (Fsp3) is 1.00. The highest BCUT2D eigenvalue weighted by atomic mass is 32.2. The Hall–Kier alpha value is -0.210. The molecular formula is C14H30N4O2S. The van der Waals surface area contributed by atoms with Gasteiger partial charge in [-0.1, -0.05) is 6.92 Å². The van der Waals surface area contributed by atoms with Crippen LogP contribution in [0.25, 0.3) is 0 Å². The first-order chi connectivity index (χ1) is 9.95. The van der Waals surface area contributed by atoms with Gasteiger partial charge in [-0.05, 0) is 39.3 Å². The van der Waals surface area contributed by atoms with Crippen LogP contribution < -0.4 is 5.32 Å². The Morgan fingerprint density at radius 1 is 1.29 bits per heavy atom. The van der Waals surface area contributed by atoms with Crippen molar-refractivity contribution in [2.24, 2.45) is 0 Å². The van der Waals surface area contributed by atoms with E-state index in [-0.39, 0.29) is 0 Å². The van der Waals surface area contributed by atoms with Gasteiger partial charge in [-0.25, -0.2) is 0 Å². The van der Waals surface area contributed by atoms with Crippen molar-refractivity contribution in [3.05, 3.63) is 0 Å². The summed E-state index contributed by atoms with van der Waals surface area (Å²) in [5.41, 5.74) is 0. The number of hydrogen-bond donors (Lipinski definition) is 1. The van der Waals surface area contributed by atoms with Crippen molar-refractivity contribution in [1.82, 2.24) is 18.8 Å². The van der Waals surface area contributed by atoms with Gasteiger partial charge in [-0.2, -0.15) is 17.0 Å². The Labute approximate surface area is 129 Å². The van der Waals surface area contributed by atoms with E-state index in [4.69, 9.17) is 0 Å². The van der Waals surface area contributed by atoms with Crippen molar-refractivity contribution < 1.29 is 8.42 Å². The molecule has 124 valence electrons. The number of nitrogens with one attached hydrogen (secondary N) is 1. The van der Waals surface area contributed by atoms with Gasteiger partial charge in [0, 0.05) is 45.3 Å². The maximum atomic E-state index is 12.6. The third-order valence-electron chi connectivity index (χ3n) is 4.59. The molecule has 6 nitrogen and oxygen atoms in total. The predicted molar refractivity (Wildman–Crippen MR) is 85.5 cm³/mol. The standard InChI is InChI=1S/C14H30N4O2S/c1-4-14-12-18(11-10-16(14)2)21(19,20)17(3)9-5-8-15-13-6-7-13/h13-15H,4-12H2,1-3H3. The van der Waals surface area contributed by atoms with E-state index in [1.807, 2.05) is 0 Å². The molecule has 0 aromatic rings. The average Bonchev–Trinajstić information content (AvgIpc) is 3.27. The largest absolute Gasteiger partial charge is 0.314 e. The maximum Gasteiger partial charge on any atom is 0.281 e. The maximum absolute atomic E-state index is 12.6. The summed E-state index contributed by atoms with van der Waals surface area (Å²) < 4.78 is 28.4. The van der Waals surface area contributed by atoms with Gasteiger partial charge in [0.1, 0.15) is 0 Å². The van der Waals surface area contributed by atoms with Crippen molar-refractivity contribution in [3.63, 3.8) is 0 Å². The van der Waals surface area contributed by atoms with E-state index in [2.05, 4.69) is 24.2 Å². The van der Waals surface area contributed by atoms with Crippen LogP contribution in [0, 0.1) is 0 Å². The SMILES string of the molecule is CCC1CN(S(=O)(=O)N(C)CCCNC2CC2)CCN1C. The van der Waals surface area contributed by atoms with Crippen LogP contribution in [0.1, 0.15) is 32.6 Å². The lowest BCUT2D eigenvalue weighted by molar-refractivity contribution is 0.139. The molecule has 1 unspecified atom stereocenters. The summed E-state index contributed by atoms with van der Waals surface area (Å²) in [7, 11) is 0.474. The van der Waals surface area contributed by atoms with Crippen LogP contribution in [0.4, 0.5) is 0 Å². The second kappa shape index (κ2) is 7.37. The van der Waals surface area contributed by atoms with Crippen molar-refractivity contribution in [2.75, 3.05) is 46.8 Å². The molecule has 0 bridgehead atoms. The van der Waals surface area contributed by atoms with Crippen LogP contribution in [0.5, 0.6) is 0 Å². The van der Waals surface area contributed by atoms with Crippen molar-refractivity contribution in [1.29, 1.82) is 0 Å². The minimum Gasteiger partial charge on any atom is -0.314 e. The van der Waals surface area contributed by atoms with E-state index in [1.165, 1.54) is 17.1 Å². The normalized spacial score (nSPS) is 25.6. The molecule has 1 aliphatic heterocycles. The van der Waals surface area contributed by atoms with Gasteiger partial charge in [0.25, 0.3) is 10.2 Å². The van der Waals surface area contributed by atoms with Crippen LogP contribution in [-0.4, -0.2) is 80.8 Å². The molecule has 0 amide bonds. The Morgan fingerprint density at radius 3 is 2.62 bits per heavy atom. The molecule has 1 heterocycles. The fourth-order valence-electron chi connectivity index (χ4n) is 2.78. The molecule has 1 saturated heterocycles. The molecule has 0 spiro atoms. The first kappa shape index (κ1) is 17.1. The van der Waals surface area contributed by atoms with Crippen molar-refractivity contribution in [2.45, 2.75) is 44.7 Å². The van der Waals surface area contributed by atoms with Crippen LogP contribution in [0.2, 0.25) is 0 Å². The van der Waals surface area contributed by atoms with Gasteiger partial charge in [-0.3, -0.25) is 0 Å². The molecule has 0 aromatic heterocycles. The minimum absolute atomic E-state index is 0.332. The van der Waals surface area contributed by atoms with Gasteiger partial charge in [-0.15, -0.1) is 0 Å². The third kappa shape index (κ3) is 4.63. The number of likely N-dealkylation sites (N-methyl/N-ethyl adjacent to an activating group) is 1. The smallest absolute Gasteiger partial charge is 0.281 e. The van der Waals surface area contributed by atoms with E-state index in [1.54, 1.807) is 11.4 Å². The lowest BCUT2D eigenvalue weighted by Crippen LogP contribution is -2.55. The van der Waals surface area contributed by atoms with Gasteiger partial charge in [0.2, 0.25) is 0 Å². The highest BCUT2D eigenvalue weighted by Gasteiger charge is 2.33. The molecular weight excluding hydrogens is 288 g/mol. The van der Waals surface area contributed by atoms with Gasteiger partial charge >= 0.3 is 0 Å². The molecule has 2 aliphatic rings.